The summed E-state index contributed by atoms with van der Waals surface area (Å²) in [5.74, 6) is 0. The molecule has 0 spiro atoms. The Hall–Kier alpha value is 1.37. The van der Waals surface area contributed by atoms with Crippen LogP contribution < -0.4 is 0 Å². The van der Waals surface area contributed by atoms with Crippen molar-refractivity contribution in [3.8, 4) is 0 Å². The van der Waals surface area contributed by atoms with E-state index in [0.29, 0.717) is 6.08 Å². The van der Waals surface area contributed by atoms with E-state index in [1.54, 1.807) is 0 Å². The van der Waals surface area contributed by atoms with E-state index in [9.17, 15) is 17.6 Å². The van der Waals surface area contributed by atoms with E-state index in [1.165, 1.54) is 55.5 Å². The molecule has 0 aliphatic carbocycles. The summed E-state index contributed by atoms with van der Waals surface area (Å²) >= 11 is 0. The average Bonchev–Trinajstić information content (AvgIpc) is 2.67. The fourth-order valence-electron chi connectivity index (χ4n) is 2.31. The van der Waals surface area contributed by atoms with Gasteiger partial charge in [-0.25, -0.2) is 13.2 Å². The monoisotopic (exact) mass is 573 g/mol. The minimum Gasteiger partial charge on any atom is -0.359 e. The van der Waals surface area contributed by atoms with Gasteiger partial charge in [0.05, 0.1) is 55.5 Å². The standard InChI is InChI=1S/3C6H15P.C3HF4.Rh/c3*1-4-7(5-2)6-3;4-2-1-3(5,6)7;/h3*4-6H2,1-3H3;2H;/q;;;-1;/p+3. The van der Waals surface area contributed by atoms with Crippen LogP contribution in [0.25, 0.3) is 0 Å². The summed E-state index contributed by atoms with van der Waals surface area (Å²) in [6, 6.07) is 0. The van der Waals surface area contributed by atoms with Crippen LogP contribution in [0.4, 0.5) is 17.6 Å². The molecule has 0 rings (SSSR count). The zero-order valence-corrected chi connectivity index (χ0v) is 24.9. The largest absolute Gasteiger partial charge is 0.359 e. The molecular weight excluding hydrogens is 524 g/mol. The molecule has 0 atom stereocenters. The van der Waals surface area contributed by atoms with Crippen LogP contribution in [0.5, 0.6) is 0 Å². The van der Waals surface area contributed by atoms with E-state index in [0.717, 1.165) is 0 Å². The van der Waals surface area contributed by atoms with Crippen molar-refractivity contribution in [3.63, 3.8) is 0 Å². The van der Waals surface area contributed by atoms with E-state index in [-0.39, 0.29) is 43.2 Å². The van der Waals surface area contributed by atoms with Gasteiger partial charge in [0, 0.05) is 19.5 Å². The van der Waals surface area contributed by atoms with Gasteiger partial charge in [0.25, 0.3) is 6.18 Å². The van der Waals surface area contributed by atoms with Gasteiger partial charge in [-0.1, -0.05) is 6.33 Å². The van der Waals surface area contributed by atoms with Gasteiger partial charge in [-0.2, -0.15) is 0 Å². The fourth-order valence-corrected chi connectivity index (χ4v) is 6.81. The molecule has 0 aliphatic heterocycles. The van der Waals surface area contributed by atoms with Crippen molar-refractivity contribution in [3.05, 3.63) is 12.4 Å². The minimum atomic E-state index is -4.63. The van der Waals surface area contributed by atoms with Gasteiger partial charge in [-0.05, 0) is 86.1 Å². The molecule has 183 valence electrons. The van der Waals surface area contributed by atoms with Crippen LogP contribution in [-0.4, -0.2) is 61.6 Å². The van der Waals surface area contributed by atoms with Crippen molar-refractivity contribution in [2.24, 2.45) is 0 Å². The fraction of sp³-hybridized carbons (Fsp3) is 0.905. The maximum atomic E-state index is 10.7. The van der Waals surface area contributed by atoms with Gasteiger partial charge in [-0.15, -0.1) is 0 Å². The first kappa shape index (κ1) is 40.7. The first-order valence-electron chi connectivity index (χ1n) is 10.9. The zero-order valence-electron chi connectivity index (χ0n) is 20.3. The van der Waals surface area contributed by atoms with E-state index in [4.69, 9.17) is 0 Å². The molecule has 1 radical (unpaired) electrons. The smallest absolute Gasteiger partial charge is 0.267 e. The van der Waals surface area contributed by atoms with E-state index >= 15 is 0 Å². The third-order valence-corrected chi connectivity index (χ3v) is 13.7. The van der Waals surface area contributed by atoms with Crippen LogP contribution in [0.15, 0.2) is 6.33 Å². The Morgan fingerprint density at radius 2 is 0.724 bits per heavy atom. The van der Waals surface area contributed by atoms with Crippen molar-refractivity contribution in [2.45, 2.75) is 68.5 Å². The van der Waals surface area contributed by atoms with Gasteiger partial charge < -0.3 is 6.08 Å². The van der Waals surface area contributed by atoms with Crippen molar-refractivity contribution in [2.75, 3.05) is 55.5 Å². The number of rotatable bonds is 9. The molecule has 0 aromatic rings. The normalized spacial score (nSPS) is 10.6. The van der Waals surface area contributed by atoms with Crippen molar-refractivity contribution < 1.29 is 37.0 Å². The first-order valence-corrected chi connectivity index (χ1v) is 17.2. The molecule has 0 saturated carbocycles. The Morgan fingerprint density at radius 1 is 0.552 bits per heavy atom. The quantitative estimate of drug-likeness (QED) is 0.112. The molecule has 0 aromatic carbocycles. The predicted molar refractivity (Wildman–Crippen MR) is 135 cm³/mol. The molecule has 0 unspecified atom stereocenters. The van der Waals surface area contributed by atoms with E-state index in [2.05, 4.69) is 62.3 Å². The van der Waals surface area contributed by atoms with Crippen LogP contribution in [-0.2, 0) is 19.5 Å². The minimum absolute atomic E-state index is 0. The second-order valence-electron chi connectivity index (χ2n) is 6.18. The summed E-state index contributed by atoms with van der Waals surface area (Å²) in [6.07, 6.45) is 8.30. The topological polar surface area (TPSA) is 0 Å². The van der Waals surface area contributed by atoms with E-state index in [1.807, 2.05) is 0 Å². The number of allylic oxidation sites excluding steroid dienone is 1. The molecule has 0 amide bonds. The van der Waals surface area contributed by atoms with Crippen LogP contribution in [0, 0.1) is 6.08 Å². The summed E-state index contributed by atoms with van der Waals surface area (Å²) in [5, 5.41) is 0. The molecule has 8 heteroatoms. The SMILES string of the molecule is CC[PH+](CC)CC.CC[PH+](CC)CC.CC[PH+](CC)CC.FC=[C-]C(F)(F)F.[Rh]. The molecular formula is C21H49F4P3Rh+2. The maximum absolute atomic E-state index is 10.7. The van der Waals surface area contributed by atoms with Crippen molar-refractivity contribution >= 4 is 23.8 Å². The Bertz CT molecular complexity index is 247. The summed E-state index contributed by atoms with van der Waals surface area (Å²) < 4.78 is 42.6. The molecule has 0 nitrogen and oxygen atoms in total. The van der Waals surface area contributed by atoms with Gasteiger partial charge in [-0.3, -0.25) is 4.39 Å². The number of alkyl halides is 3. The third kappa shape index (κ3) is 40.3. The summed E-state index contributed by atoms with van der Waals surface area (Å²) in [5.41, 5.74) is 0. The zero-order chi connectivity index (χ0) is 23.0. The van der Waals surface area contributed by atoms with E-state index < -0.39 is 12.5 Å². The molecule has 0 N–H and O–H groups in total. The predicted octanol–water partition coefficient (Wildman–Crippen LogP) is 8.61. The number of hydrogen-bond donors (Lipinski definition) is 0. The molecule has 0 aliphatic rings. The Kier molecular flexibility index (Phi) is 44.3. The van der Waals surface area contributed by atoms with Gasteiger partial charge >= 0.3 is 0 Å². The Labute approximate surface area is 196 Å². The molecule has 0 saturated heterocycles. The molecule has 0 heterocycles. The number of halogens is 4. The average molecular weight is 573 g/mol. The van der Waals surface area contributed by atoms with Crippen LogP contribution in [0.2, 0.25) is 0 Å². The number of hydrogen-bond acceptors (Lipinski definition) is 0. The van der Waals surface area contributed by atoms with Crippen LogP contribution in [0.1, 0.15) is 62.3 Å². The second-order valence-corrected chi connectivity index (χ2v) is 17.0. The van der Waals surface area contributed by atoms with Crippen LogP contribution in [0.3, 0.4) is 0 Å². The Morgan fingerprint density at radius 3 is 0.724 bits per heavy atom. The first-order chi connectivity index (χ1) is 13.1. The van der Waals surface area contributed by atoms with Crippen molar-refractivity contribution in [1.82, 2.24) is 0 Å². The molecule has 0 aromatic heterocycles. The second kappa shape index (κ2) is 31.6. The third-order valence-electron chi connectivity index (χ3n) is 4.72. The van der Waals surface area contributed by atoms with Crippen molar-refractivity contribution in [1.29, 1.82) is 0 Å². The van der Waals surface area contributed by atoms with Gasteiger partial charge in [0.1, 0.15) is 0 Å². The maximum Gasteiger partial charge on any atom is 0.267 e. The molecule has 0 fully saturated rings. The van der Waals surface area contributed by atoms with Crippen LogP contribution >= 0.6 is 23.8 Å². The molecule has 29 heavy (non-hydrogen) atoms. The van der Waals surface area contributed by atoms with Gasteiger partial charge in [0.15, 0.2) is 0 Å². The summed E-state index contributed by atoms with van der Waals surface area (Å²) in [6.45, 7) is 20.8. The van der Waals surface area contributed by atoms with Gasteiger partial charge in [0.2, 0.25) is 0 Å². The molecule has 0 bridgehead atoms. The Balaban J connectivity index is -0.0000000873. The summed E-state index contributed by atoms with van der Waals surface area (Å²) in [4.78, 5) is 0. The summed E-state index contributed by atoms with van der Waals surface area (Å²) in [7, 11) is 0.412.